The van der Waals surface area contributed by atoms with Gasteiger partial charge in [-0.25, -0.2) is 18.4 Å². The van der Waals surface area contributed by atoms with E-state index in [1.807, 2.05) is 0 Å². The third kappa shape index (κ3) is 5.40. The Morgan fingerprint density at radius 2 is 1.89 bits per heavy atom. The Bertz CT molecular complexity index is 1310. The van der Waals surface area contributed by atoms with Crippen molar-refractivity contribution in [1.82, 2.24) is 14.3 Å². The zero-order valence-electron chi connectivity index (χ0n) is 19.8. The van der Waals surface area contributed by atoms with Gasteiger partial charge < -0.3 is 5.32 Å². The van der Waals surface area contributed by atoms with E-state index >= 15 is 0 Å². The largest absolute Gasteiger partial charge is 0.325 e. The SMILES string of the molecule is C[C@H]1CCc2c(sc3ncnc(SCC(=O)Nc4ccc(S(=O)(=O)N5CCCCCC5)cc4)c23)C1. The minimum atomic E-state index is -3.50. The minimum Gasteiger partial charge on any atom is -0.325 e. The molecule has 1 aliphatic carbocycles. The lowest BCUT2D eigenvalue weighted by Gasteiger charge is -2.20. The fourth-order valence-corrected chi connectivity index (χ4v) is 8.59. The number of nitrogens with zero attached hydrogens (tertiary/aromatic N) is 3. The molecule has 1 aliphatic heterocycles. The molecule has 0 bridgehead atoms. The molecular formula is C25H30N4O3S3. The van der Waals surface area contributed by atoms with E-state index in [0.717, 1.165) is 53.8 Å². The highest BCUT2D eigenvalue weighted by Gasteiger charge is 2.25. The minimum absolute atomic E-state index is 0.150. The number of carbonyl (C=O) groups excluding carboxylic acids is 1. The standard InChI is InChI=1S/C25H30N4O3S3/c1-17-6-11-20-21(14-17)34-25-23(20)24(26-16-27-25)33-15-22(30)28-18-7-9-19(10-8-18)35(31,32)29-12-4-2-3-5-13-29/h7-10,16-17H,2-6,11-15H2,1H3,(H,28,30)/t17-/m0/s1. The Morgan fingerprint density at radius 3 is 2.63 bits per heavy atom. The summed E-state index contributed by atoms with van der Waals surface area (Å²) < 4.78 is 27.5. The van der Waals surface area contributed by atoms with E-state index in [1.54, 1.807) is 46.2 Å². The van der Waals surface area contributed by atoms with Crippen LogP contribution in [0.15, 0.2) is 40.5 Å². The third-order valence-electron chi connectivity index (χ3n) is 6.74. The van der Waals surface area contributed by atoms with Gasteiger partial charge in [0.05, 0.1) is 10.6 Å². The van der Waals surface area contributed by atoms with Crippen LogP contribution in [0.3, 0.4) is 0 Å². The Balaban J connectivity index is 1.23. The fourth-order valence-electron chi connectivity index (χ4n) is 4.83. The van der Waals surface area contributed by atoms with Crippen molar-refractivity contribution < 1.29 is 13.2 Å². The van der Waals surface area contributed by atoms with Crippen LogP contribution < -0.4 is 5.32 Å². The normalized spacial score (nSPS) is 19.3. The summed E-state index contributed by atoms with van der Waals surface area (Å²) in [6.45, 7) is 3.43. The maximum atomic E-state index is 13.0. The first-order valence-corrected chi connectivity index (χ1v) is 15.4. The third-order valence-corrected chi connectivity index (χ3v) is 10.8. The molecule has 2 aliphatic rings. The molecule has 10 heteroatoms. The summed E-state index contributed by atoms with van der Waals surface area (Å²) in [7, 11) is -3.50. The maximum Gasteiger partial charge on any atom is 0.243 e. The molecule has 7 nitrogen and oxygen atoms in total. The summed E-state index contributed by atoms with van der Waals surface area (Å²) in [6.07, 6.45) is 8.82. The van der Waals surface area contributed by atoms with Crippen LogP contribution in [0.2, 0.25) is 0 Å². The van der Waals surface area contributed by atoms with E-state index < -0.39 is 10.0 Å². The topological polar surface area (TPSA) is 92.3 Å². The summed E-state index contributed by atoms with van der Waals surface area (Å²) in [5.74, 6) is 0.764. The molecule has 1 atom stereocenters. The van der Waals surface area contributed by atoms with Gasteiger partial charge in [-0.2, -0.15) is 4.31 Å². The molecule has 5 rings (SSSR count). The summed E-state index contributed by atoms with van der Waals surface area (Å²) >= 11 is 3.18. The number of thiophene rings is 1. The molecule has 1 aromatic carbocycles. The second kappa shape index (κ2) is 10.5. The van der Waals surface area contributed by atoms with Gasteiger partial charge in [-0.3, -0.25) is 4.79 Å². The van der Waals surface area contributed by atoms with Gasteiger partial charge >= 0.3 is 0 Å². The summed E-state index contributed by atoms with van der Waals surface area (Å²) in [4.78, 5) is 24.3. The molecule has 186 valence electrons. The molecule has 0 spiro atoms. The van der Waals surface area contributed by atoms with Crippen molar-refractivity contribution in [3.8, 4) is 0 Å². The van der Waals surface area contributed by atoms with Crippen molar-refractivity contribution in [3.63, 3.8) is 0 Å². The Labute approximate surface area is 214 Å². The van der Waals surface area contributed by atoms with Gasteiger partial charge in [-0.15, -0.1) is 11.3 Å². The van der Waals surface area contributed by atoms with E-state index in [4.69, 9.17) is 0 Å². The number of thioether (sulfide) groups is 1. The number of amides is 1. The smallest absolute Gasteiger partial charge is 0.243 e. The summed E-state index contributed by atoms with van der Waals surface area (Å²) in [6, 6.07) is 6.48. The molecule has 2 aromatic heterocycles. The number of benzene rings is 1. The average molecular weight is 531 g/mol. The highest BCUT2D eigenvalue weighted by molar-refractivity contribution is 8.00. The lowest BCUT2D eigenvalue weighted by atomic mass is 9.89. The zero-order chi connectivity index (χ0) is 24.4. The lowest BCUT2D eigenvalue weighted by molar-refractivity contribution is -0.113. The van der Waals surface area contributed by atoms with E-state index in [-0.39, 0.29) is 16.6 Å². The van der Waals surface area contributed by atoms with Gasteiger partial charge in [-0.05, 0) is 67.9 Å². The predicted molar refractivity (Wildman–Crippen MR) is 142 cm³/mol. The van der Waals surface area contributed by atoms with Crippen LogP contribution in [0, 0.1) is 5.92 Å². The molecule has 0 unspecified atom stereocenters. The molecule has 1 amide bonds. The molecule has 1 saturated heterocycles. The zero-order valence-corrected chi connectivity index (χ0v) is 22.3. The number of hydrogen-bond donors (Lipinski definition) is 1. The van der Waals surface area contributed by atoms with Gasteiger partial charge in [0.25, 0.3) is 0 Å². The van der Waals surface area contributed by atoms with Gasteiger partial charge in [0.2, 0.25) is 15.9 Å². The number of carbonyl (C=O) groups is 1. The molecule has 0 radical (unpaired) electrons. The molecule has 3 heterocycles. The number of aryl methyl sites for hydroxylation is 1. The fraction of sp³-hybridized carbons (Fsp3) is 0.480. The second-order valence-corrected chi connectivity index (χ2v) is 13.4. The quantitative estimate of drug-likeness (QED) is 0.352. The van der Waals surface area contributed by atoms with Crippen molar-refractivity contribution in [2.24, 2.45) is 5.92 Å². The number of aromatic nitrogens is 2. The molecule has 1 N–H and O–H groups in total. The number of anilines is 1. The van der Waals surface area contributed by atoms with Crippen LogP contribution in [0.1, 0.15) is 49.5 Å². The molecule has 1 fully saturated rings. The van der Waals surface area contributed by atoms with Crippen LogP contribution in [0.5, 0.6) is 0 Å². The van der Waals surface area contributed by atoms with Gasteiger partial charge in [0, 0.05) is 29.0 Å². The van der Waals surface area contributed by atoms with Crippen molar-refractivity contribution in [2.75, 3.05) is 24.2 Å². The van der Waals surface area contributed by atoms with Crippen LogP contribution in [-0.4, -0.2) is 47.4 Å². The van der Waals surface area contributed by atoms with Crippen LogP contribution in [0.25, 0.3) is 10.2 Å². The second-order valence-electron chi connectivity index (χ2n) is 9.39. The summed E-state index contributed by atoms with van der Waals surface area (Å²) in [5.41, 5.74) is 1.94. The monoisotopic (exact) mass is 530 g/mol. The van der Waals surface area contributed by atoms with Crippen LogP contribution >= 0.6 is 23.1 Å². The van der Waals surface area contributed by atoms with E-state index in [9.17, 15) is 13.2 Å². The van der Waals surface area contributed by atoms with Gasteiger partial charge in [0.15, 0.2) is 0 Å². The Kier molecular flexibility index (Phi) is 7.43. The van der Waals surface area contributed by atoms with E-state index in [1.165, 1.54) is 28.6 Å². The first-order valence-electron chi connectivity index (χ1n) is 12.2. The molecule has 35 heavy (non-hydrogen) atoms. The van der Waals surface area contributed by atoms with Crippen molar-refractivity contribution in [1.29, 1.82) is 0 Å². The van der Waals surface area contributed by atoms with Crippen LogP contribution in [-0.2, 0) is 27.7 Å². The Hall–Kier alpha value is -2.01. The van der Waals surface area contributed by atoms with Crippen LogP contribution in [0.4, 0.5) is 5.69 Å². The highest BCUT2D eigenvalue weighted by Crippen LogP contribution is 2.40. The number of rotatable bonds is 6. The molecular weight excluding hydrogens is 501 g/mol. The van der Waals surface area contributed by atoms with E-state index in [0.29, 0.717) is 24.7 Å². The maximum absolute atomic E-state index is 13.0. The van der Waals surface area contributed by atoms with Gasteiger partial charge in [0.1, 0.15) is 16.2 Å². The van der Waals surface area contributed by atoms with Crippen molar-refractivity contribution in [2.45, 2.75) is 61.8 Å². The molecule has 3 aromatic rings. The number of nitrogens with one attached hydrogen (secondary N) is 1. The van der Waals surface area contributed by atoms with E-state index in [2.05, 4.69) is 22.2 Å². The average Bonchev–Trinajstić information content (AvgIpc) is 3.01. The highest BCUT2D eigenvalue weighted by atomic mass is 32.2. The van der Waals surface area contributed by atoms with Crippen molar-refractivity contribution in [3.05, 3.63) is 41.0 Å². The lowest BCUT2D eigenvalue weighted by Crippen LogP contribution is -2.31. The number of hydrogen-bond acceptors (Lipinski definition) is 7. The predicted octanol–water partition coefficient (Wildman–Crippen LogP) is 5.11. The van der Waals surface area contributed by atoms with Crippen molar-refractivity contribution >= 4 is 54.9 Å². The van der Waals surface area contributed by atoms with Gasteiger partial charge in [-0.1, -0.05) is 31.5 Å². The first kappa shape index (κ1) is 24.7. The number of sulfonamides is 1. The number of fused-ring (bicyclic) bond motifs is 3. The molecule has 0 saturated carbocycles. The first-order chi connectivity index (χ1) is 16.9. The Morgan fingerprint density at radius 1 is 1.14 bits per heavy atom. The summed E-state index contributed by atoms with van der Waals surface area (Å²) in [5, 5.41) is 4.85.